The minimum Gasteiger partial charge on any atom is -0.357 e. The van der Waals surface area contributed by atoms with E-state index in [1.54, 1.807) is 0 Å². The van der Waals surface area contributed by atoms with Gasteiger partial charge in [-0.3, -0.25) is 4.90 Å². The van der Waals surface area contributed by atoms with Crippen molar-refractivity contribution in [3.05, 3.63) is 71.0 Å². The zero-order valence-corrected chi connectivity index (χ0v) is 18.2. The molecule has 1 fully saturated rings. The van der Waals surface area contributed by atoms with Crippen molar-refractivity contribution in [2.45, 2.75) is 26.4 Å². The van der Waals surface area contributed by atoms with Gasteiger partial charge >= 0.3 is 0 Å². The molecule has 162 valence electrons. The third-order valence-electron chi connectivity index (χ3n) is 5.41. The quantitative estimate of drug-likeness (QED) is 0.518. The molecular weight excluding hydrogens is 377 g/mol. The van der Waals surface area contributed by atoms with Crippen LogP contribution in [0.25, 0.3) is 0 Å². The average Bonchev–Trinajstić information content (AvgIpc) is 2.76. The van der Waals surface area contributed by atoms with E-state index < -0.39 is 0 Å². The Bertz CT molecular complexity index is 780. The van der Waals surface area contributed by atoms with E-state index in [2.05, 4.69) is 58.7 Å². The molecule has 3 rings (SSSR count). The number of rotatable bonds is 8. The number of benzene rings is 2. The van der Waals surface area contributed by atoms with Gasteiger partial charge in [-0.05, 0) is 49.2 Å². The lowest BCUT2D eigenvalue weighted by Crippen LogP contribution is -2.43. The third-order valence-corrected chi connectivity index (χ3v) is 5.41. The molecule has 0 saturated carbocycles. The van der Waals surface area contributed by atoms with Crippen molar-refractivity contribution in [1.29, 1.82) is 0 Å². The van der Waals surface area contributed by atoms with Crippen LogP contribution in [-0.2, 0) is 19.5 Å². The first kappa shape index (κ1) is 22.2. The molecule has 1 saturated heterocycles. The summed E-state index contributed by atoms with van der Waals surface area (Å²) in [4.78, 5) is 9.60. The summed E-state index contributed by atoms with van der Waals surface area (Å²) >= 11 is 0. The predicted octanol–water partition coefficient (Wildman–Crippen LogP) is 2.87. The maximum atomic E-state index is 13.0. The number of likely N-dealkylation sites (N-methyl/N-ethyl adjacent to an activating group) is 1. The van der Waals surface area contributed by atoms with Crippen LogP contribution in [0.3, 0.4) is 0 Å². The first-order valence-electron chi connectivity index (χ1n) is 10.9. The van der Waals surface area contributed by atoms with Gasteiger partial charge in [0, 0.05) is 45.8 Å². The van der Waals surface area contributed by atoms with Gasteiger partial charge in [0.15, 0.2) is 5.96 Å². The van der Waals surface area contributed by atoms with Crippen LogP contribution in [0.1, 0.15) is 23.6 Å². The van der Waals surface area contributed by atoms with E-state index in [-0.39, 0.29) is 5.82 Å². The Morgan fingerprint density at radius 2 is 1.53 bits per heavy atom. The van der Waals surface area contributed by atoms with Crippen molar-refractivity contribution in [2.75, 3.05) is 46.3 Å². The van der Waals surface area contributed by atoms with Crippen LogP contribution < -0.4 is 10.6 Å². The van der Waals surface area contributed by atoms with Gasteiger partial charge in [-0.2, -0.15) is 0 Å². The fourth-order valence-electron chi connectivity index (χ4n) is 3.50. The molecule has 1 heterocycles. The van der Waals surface area contributed by atoms with Gasteiger partial charge in [-0.1, -0.05) is 36.4 Å². The fraction of sp³-hybridized carbons (Fsp3) is 0.458. The van der Waals surface area contributed by atoms with Crippen molar-refractivity contribution in [2.24, 2.45) is 4.99 Å². The molecule has 0 atom stereocenters. The highest BCUT2D eigenvalue weighted by Crippen LogP contribution is 2.10. The highest BCUT2D eigenvalue weighted by Gasteiger charge is 2.13. The fourth-order valence-corrected chi connectivity index (χ4v) is 3.50. The summed E-state index contributed by atoms with van der Waals surface area (Å²) in [6, 6.07) is 15.4. The molecule has 6 heteroatoms. The van der Waals surface area contributed by atoms with Crippen molar-refractivity contribution in [1.82, 2.24) is 20.4 Å². The number of nitrogens with zero attached hydrogens (tertiary/aromatic N) is 3. The van der Waals surface area contributed by atoms with Crippen LogP contribution in [0.5, 0.6) is 0 Å². The molecule has 0 radical (unpaired) electrons. The van der Waals surface area contributed by atoms with E-state index in [4.69, 9.17) is 4.99 Å². The number of piperazine rings is 1. The number of aliphatic imine (C=N–C) groups is 1. The largest absolute Gasteiger partial charge is 0.357 e. The standard InChI is InChI=1S/C24H34FN5/c1-3-26-24(27-13-12-20-8-10-23(25)11-9-20)28-18-21-4-6-22(7-5-21)19-30-16-14-29(2)15-17-30/h4-11H,3,12-19H2,1-2H3,(H2,26,27,28). The van der Waals surface area contributed by atoms with Crippen molar-refractivity contribution >= 4 is 5.96 Å². The molecule has 0 aromatic heterocycles. The van der Waals surface area contributed by atoms with Crippen LogP contribution in [0.15, 0.2) is 53.5 Å². The molecule has 1 aliphatic rings. The molecule has 2 aromatic rings. The summed E-state index contributed by atoms with van der Waals surface area (Å²) in [5.41, 5.74) is 3.67. The van der Waals surface area contributed by atoms with Crippen molar-refractivity contribution in [3.8, 4) is 0 Å². The van der Waals surface area contributed by atoms with Gasteiger partial charge in [-0.25, -0.2) is 9.38 Å². The van der Waals surface area contributed by atoms with Gasteiger partial charge in [0.1, 0.15) is 5.82 Å². The summed E-state index contributed by atoms with van der Waals surface area (Å²) in [5.74, 6) is 0.609. The second kappa shape index (κ2) is 11.7. The number of hydrogen-bond acceptors (Lipinski definition) is 3. The Hall–Kier alpha value is -2.44. The molecule has 30 heavy (non-hydrogen) atoms. The lowest BCUT2D eigenvalue weighted by Gasteiger charge is -2.32. The zero-order chi connectivity index (χ0) is 21.2. The Labute approximate surface area is 180 Å². The van der Waals surface area contributed by atoms with Gasteiger partial charge < -0.3 is 15.5 Å². The van der Waals surface area contributed by atoms with Gasteiger partial charge in [0.25, 0.3) is 0 Å². The minimum atomic E-state index is -0.198. The summed E-state index contributed by atoms with van der Waals surface area (Å²) in [6.45, 7) is 9.85. The number of hydrogen-bond donors (Lipinski definition) is 2. The highest BCUT2D eigenvalue weighted by molar-refractivity contribution is 5.79. The van der Waals surface area contributed by atoms with E-state index >= 15 is 0 Å². The molecule has 0 amide bonds. The topological polar surface area (TPSA) is 42.9 Å². The predicted molar refractivity (Wildman–Crippen MR) is 122 cm³/mol. The van der Waals surface area contributed by atoms with Crippen LogP contribution >= 0.6 is 0 Å². The monoisotopic (exact) mass is 411 g/mol. The van der Waals surface area contributed by atoms with E-state index in [1.807, 2.05) is 12.1 Å². The number of nitrogens with one attached hydrogen (secondary N) is 2. The van der Waals surface area contributed by atoms with Crippen LogP contribution in [0, 0.1) is 5.82 Å². The molecule has 0 unspecified atom stereocenters. The summed E-state index contributed by atoms with van der Waals surface area (Å²) in [6.07, 6.45) is 0.825. The molecule has 2 aromatic carbocycles. The molecule has 5 nitrogen and oxygen atoms in total. The SMILES string of the molecule is CCNC(=NCc1ccc(CN2CCN(C)CC2)cc1)NCCc1ccc(F)cc1. The molecular formula is C24H34FN5. The molecule has 0 spiro atoms. The third kappa shape index (κ3) is 7.43. The Morgan fingerprint density at radius 1 is 0.900 bits per heavy atom. The lowest BCUT2D eigenvalue weighted by atomic mass is 10.1. The van der Waals surface area contributed by atoms with Crippen molar-refractivity contribution in [3.63, 3.8) is 0 Å². The minimum absolute atomic E-state index is 0.198. The van der Waals surface area contributed by atoms with E-state index in [0.29, 0.717) is 6.54 Å². The summed E-state index contributed by atoms with van der Waals surface area (Å²) < 4.78 is 13.0. The van der Waals surface area contributed by atoms with E-state index in [0.717, 1.165) is 63.8 Å². The van der Waals surface area contributed by atoms with Crippen LogP contribution in [0.2, 0.25) is 0 Å². The Morgan fingerprint density at radius 3 is 2.20 bits per heavy atom. The van der Waals surface area contributed by atoms with E-state index in [1.165, 1.54) is 23.3 Å². The molecule has 0 bridgehead atoms. The zero-order valence-electron chi connectivity index (χ0n) is 18.2. The van der Waals surface area contributed by atoms with Gasteiger partial charge in [-0.15, -0.1) is 0 Å². The normalized spacial score (nSPS) is 15.9. The first-order valence-corrected chi connectivity index (χ1v) is 10.9. The van der Waals surface area contributed by atoms with Crippen LogP contribution in [0.4, 0.5) is 4.39 Å². The second-order valence-electron chi connectivity index (χ2n) is 7.89. The van der Waals surface area contributed by atoms with Crippen molar-refractivity contribution < 1.29 is 4.39 Å². The lowest BCUT2D eigenvalue weighted by molar-refractivity contribution is 0.148. The molecule has 1 aliphatic heterocycles. The average molecular weight is 412 g/mol. The smallest absolute Gasteiger partial charge is 0.191 e. The maximum absolute atomic E-state index is 13.0. The summed E-state index contributed by atoms with van der Waals surface area (Å²) in [7, 11) is 2.19. The molecule has 2 N–H and O–H groups in total. The highest BCUT2D eigenvalue weighted by atomic mass is 19.1. The van der Waals surface area contributed by atoms with Gasteiger partial charge in [0.05, 0.1) is 6.54 Å². The Balaban J connectivity index is 1.46. The second-order valence-corrected chi connectivity index (χ2v) is 7.89. The van der Waals surface area contributed by atoms with E-state index in [9.17, 15) is 4.39 Å². The number of halogens is 1. The van der Waals surface area contributed by atoms with Gasteiger partial charge in [0.2, 0.25) is 0 Å². The summed E-state index contributed by atoms with van der Waals surface area (Å²) in [5, 5.41) is 6.64. The number of guanidine groups is 1. The van der Waals surface area contributed by atoms with Crippen LogP contribution in [-0.4, -0.2) is 62.1 Å². The first-order chi connectivity index (χ1) is 14.6. The maximum Gasteiger partial charge on any atom is 0.191 e. The Kier molecular flexibility index (Phi) is 8.66. The molecule has 0 aliphatic carbocycles.